The number of aromatic nitrogens is 3. The number of carbonyl (C=O) groups is 2. The average Bonchev–Trinajstić information content (AvgIpc) is 3.20. The lowest BCUT2D eigenvalue weighted by Gasteiger charge is -2.34. The Hall–Kier alpha value is -3.72. The molecular weight excluding hydrogens is 466 g/mol. The summed E-state index contributed by atoms with van der Waals surface area (Å²) < 4.78 is 2.07. The van der Waals surface area contributed by atoms with E-state index in [1.54, 1.807) is 0 Å². The molecule has 1 fully saturated rings. The minimum absolute atomic E-state index is 0.0104. The van der Waals surface area contributed by atoms with Gasteiger partial charge >= 0.3 is 0 Å². The van der Waals surface area contributed by atoms with E-state index in [-0.39, 0.29) is 23.7 Å². The third kappa shape index (κ3) is 5.51. The van der Waals surface area contributed by atoms with Crippen molar-refractivity contribution in [1.82, 2.24) is 24.3 Å². The van der Waals surface area contributed by atoms with Crippen LogP contribution >= 0.6 is 0 Å². The molecular formula is C28H37N7O2. The Balaban J connectivity index is 1.63. The van der Waals surface area contributed by atoms with Crippen molar-refractivity contribution in [2.45, 2.75) is 32.1 Å². The molecule has 0 unspecified atom stereocenters. The summed E-state index contributed by atoms with van der Waals surface area (Å²) in [5.41, 5.74) is 11.1. The molecule has 0 saturated carbocycles. The number of likely N-dealkylation sites (tertiary alicyclic amines) is 1. The molecule has 1 saturated heterocycles. The number of nitrogen functional groups attached to an aromatic ring is 1. The highest BCUT2D eigenvalue weighted by molar-refractivity contribution is 5.99. The third-order valence-corrected chi connectivity index (χ3v) is 7.29. The topological polar surface area (TPSA) is 109 Å². The zero-order valence-corrected chi connectivity index (χ0v) is 22.2. The molecule has 1 aromatic carbocycles. The van der Waals surface area contributed by atoms with E-state index in [4.69, 9.17) is 5.73 Å². The number of piperidine rings is 1. The summed E-state index contributed by atoms with van der Waals surface area (Å²) in [5.74, 6) is 0.675. The van der Waals surface area contributed by atoms with Gasteiger partial charge in [0.15, 0.2) is 0 Å². The van der Waals surface area contributed by atoms with Gasteiger partial charge in [0, 0.05) is 31.7 Å². The van der Waals surface area contributed by atoms with Gasteiger partial charge in [-0.2, -0.15) is 0 Å². The average molecular weight is 504 g/mol. The maximum absolute atomic E-state index is 13.1. The van der Waals surface area contributed by atoms with E-state index < -0.39 is 0 Å². The van der Waals surface area contributed by atoms with Crippen molar-refractivity contribution < 1.29 is 9.59 Å². The molecule has 9 nitrogen and oxygen atoms in total. The van der Waals surface area contributed by atoms with Crippen molar-refractivity contribution in [3.05, 3.63) is 48.8 Å². The highest BCUT2D eigenvalue weighted by Crippen LogP contribution is 2.43. The summed E-state index contributed by atoms with van der Waals surface area (Å²) >= 11 is 0. The number of hydrogen-bond acceptors (Lipinski definition) is 6. The molecule has 0 radical (unpaired) electrons. The first-order chi connectivity index (χ1) is 17.7. The van der Waals surface area contributed by atoms with Gasteiger partial charge in [-0.3, -0.25) is 9.59 Å². The van der Waals surface area contributed by atoms with Gasteiger partial charge in [0.05, 0.1) is 11.1 Å². The lowest BCUT2D eigenvalue weighted by atomic mass is 9.85. The Morgan fingerprint density at radius 1 is 1.22 bits per heavy atom. The van der Waals surface area contributed by atoms with Crippen molar-refractivity contribution >= 4 is 34.4 Å². The predicted octanol–water partition coefficient (Wildman–Crippen LogP) is 3.64. The number of fused-ring (bicyclic) bond motifs is 1. The van der Waals surface area contributed by atoms with Crippen LogP contribution in [-0.2, 0) is 16.6 Å². The number of carbonyl (C=O) groups excluding carboxylic acids is 2. The molecule has 1 aliphatic heterocycles. The number of aryl methyl sites for hydroxylation is 1. The van der Waals surface area contributed by atoms with Crippen molar-refractivity contribution in [3.8, 4) is 11.3 Å². The molecule has 2 aromatic heterocycles. The minimum atomic E-state index is -0.251. The number of amides is 2. The Bertz CT molecular complexity index is 1290. The minimum Gasteiger partial charge on any atom is -0.383 e. The summed E-state index contributed by atoms with van der Waals surface area (Å²) in [6, 6.07) is 7.74. The number of hydrogen-bond donors (Lipinski definition) is 2. The normalized spacial score (nSPS) is 15.2. The van der Waals surface area contributed by atoms with Crippen LogP contribution in [0.1, 0.15) is 37.7 Å². The van der Waals surface area contributed by atoms with Crippen LogP contribution in [0.15, 0.2) is 43.2 Å². The molecule has 3 heterocycles. The van der Waals surface area contributed by atoms with Gasteiger partial charge < -0.3 is 25.4 Å². The largest absolute Gasteiger partial charge is 0.383 e. The van der Waals surface area contributed by atoms with Crippen molar-refractivity contribution in [3.63, 3.8) is 0 Å². The first-order valence-electron chi connectivity index (χ1n) is 12.8. The molecule has 1 aliphatic rings. The zero-order valence-electron chi connectivity index (χ0n) is 22.2. The first kappa shape index (κ1) is 26.3. The molecule has 3 aromatic rings. The number of nitrogens with two attached hydrogens (primary N) is 1. The second kappa shape index (κ2) is 11.1. The summed E-state index contributed by atoms with van der Waals surface area (Å²) in [6.07, 6.45) is 5.30. The second-order valence-corrected chi connectivity index (χ2v) is 10.1. The summed E-state index contributed by atoms with van der Waals surface area (Å²) in [7, 11) is 6.06. The maximum atomic E-state index is 13.1. The van der Waals surface area contributed by atoms with Gasteiger partial charge in [-0.25, -0.2) is 9.97 Å². The maximum Gasteiger partial charge on any atom is 0.247 e. The van der Waals surface area contributed by atoms with Crippen LogP contribution in [0.2, 0.25) is 0 Å². The van der Waals surface area contributed by atoms with E-state index in [1.165, 1.54) is 12.4 Å². The summed E-state index contributed by atoms with van der Waals surface area (Å²) in [4.78, 5) is 37.7. The molecule has 3 N–H and O–H groups in total. The molecule has 2 amide bonds. The molecule has 0 aliphatic carbocycles. The van der Waals surface area contributed by atoms with Crippen molar-refractivity contribution in [2.75, 3.05) is 44.8 Å². The van der Waals surface area contributed by atoms with Gasteiger partial charge in [-0.1, -0.05) is 25.6 Å². The van der Waals surface area contributed by atoms with Crippen LogP contribution in [0, 0.1) is 5.92 Å². The van der Waals surface area contributed by atoms with Crippen LogP contribution in [0.25, 0.3) is 22.3 Å². The fraction of sp³-hybridized carbons (Fsp3) is 0.429. The summed E-state index contributed by atoms with van der Waals surface area (Å²) in [5, 5.41) is 3.67. The van der Waals surface area contributed by atoms with E-state index in [9.17, 15) is 9.59 Å². The number of nitrogens with one attached hydrogen (secondary N) is 1. The van der Waals surface area contributed by atoms with Crippen LogP contribution < -0.4 is 11.1 Å². The van der Waals surface area contributed by atoms with Gasteiger partial charge in [-0.15, -0.1) is 0 Å². The Labute approximate surface area is 218 Å². The van der Waals surface area contributed by atoms with Gasteiger partial charge in [-0.05, 0) is 75.2 Å². The highest BCUT2D eigenvalue weighted by Gasteiger charge is 2.31. The van der Waals surface area contributed by atoms with Crippen LogP contribution in [0.3, 0.4) is 0 Å². The fourth-order valence-electron chi connectivity index (χ4n) is 5.23. The SMILES string of the molecule is C=CC(=O)Nc1ccc(-c2c(C3CCN(C(=O)[C@H](C)CCN(C)C)CC3)c3c(N)ncnc3n2C)cc1. The highest BCUT2D eigenvalue weighted by atomic mass is 16.2. The summed E-state index contributed by atoms with van der Waals surface area (Å²) in [6.45, 7) is 7.86. The lowest BCUT2D eigenvalue weighted by molar-refractivity contribution is -0.136. The number of anilines is 2. The number of nitrogens with zero attached hydrogens (tertiary/aromatic N) is 5. The van der Waals surface area contributed by atoms with E-state index in [0.29, 0.717) is 24.6 Å². The van der Waals surface area contributed by atoms with Gasteiger partial charge in [0.1, 0.15) is 17.8 Å². The van der Waals surface area contributed by atoms with E-state index in [1.807, 2.05) is 57.2 Å². The van der Waals surface area contributed by atoms with Crippen LogP contribution in [-0.4, -0.2) is 69.9 Å². The van der Waals surface area contributed by atoms with Crippen LogP contribution in [0.5, 0.6) is 0 Å². The lowest BCUT2D eigenvalue weighted by Crippen LogP contribution is -2.41. The smallest absolute Gasteiger partial charge is 0.247 e. The Kier molecular flexibility index (Phi) is 7.92. The van der Waals surface area contributed by atoms with Gasteiger partial charge in [0.25, 0.3) is 0 Å². The quantitative estimate of drug-likeness (QED) is 0.454. The Morgan fingerprint density at radius 3 is 2.51 bits per heavy atom. The number of benzene rings is 1. The monoisotopic (exact) mass is 503 g/mol. The first-order valence-corrected chi connectivity index (χ1v) is 12.8. The van der Waals surface area contributed by atoms with E-state index >= 15 is 0 Å². The third-order valence-electron chi connectivity index (χ3n) is 7.29. The van der Waals surface area contributed by atoms with Crippen LogP contribution in [0.4, 0.5) is 11.5 Å². The van der Waals surface area contributed by atoms with Gasteiger partial charge in [0.2, 0.25) is 11.8 Å². The van der Waals surface area contributed by atoms with Crippen molar-refractivity contribution in [1.29, 1.82) is 0 Å². The predicted molar refractivity (Wildman–Crippen MR) is 148 cm³/mol. The molecule has 9 heteroatoms. The number of rotatable bonds is 8. The Morgan fingerprint density at radius 2 is 1.89 bits per heavy atom. The van der Waals surface area contributed by atoms with E-state index in [0.717, 1.165) is 53.7 Å². The fourth-order valence-corrected chi connectivity index (χ4v) is 5.23. The van der Waals surface area contributed by atoms with E-state index in [2.05, 4.69) is 31.3 Å². The second-order valence-electron chi connectivity index (χ2n) is 10.1. The molecule has 37 heavy (non-hydrogen) atoms. The zero-order chi connectivity index (χ0) is 26.7. The molecule has 196 valence electrons. The molecule has 4 rings (SSSR count). The standard InChI is InChI=1S/C28H37N7O2/c1-6-22(36)32-21-9-7-20(8-10-21)25-23(24-26(29)30-17-31-27(24)34(25)5)19-12-15-35(16-13-19)28(37)18(2)11-14-33(3)4/h6-10,17-19H,1,11-16H2,2-5H3,(H,32,36)(H2,29,30,31)/t18-/m1/s1. The molecule has 1 atom stereocenters. The molecule has 0 bridgehead atoms. The molecule has 0 spiro atoms. The van der Waals surface area contributed by atoms with Crippen molar-refractivity contribution in [2.24, 2.45) is 13.0 Å².